The van der Waals surface area contributed by atoms with Gasteiger partial charge in [-0.05, 0) is 30.5 Å². The number of rotatable bonds is 4. The second-order valence-corrected chi connectivity index (χ2v) is 6.64. The lowest BCUT2D eigenvalue weighted by Gasteiger charge is -2.17. The first-order valence-corrected chi connectivity index (χ1v) is 8.31. The third kappa shape index (κ3) is 2.82. The predicted molar refractivity (Wildman–Crippen MR) is 89.4 cm³/mol. The fraction of sp³-hybridized carbons (Fsp3) is 0.368. The summed E-state index contributed by atoms with van der Waals surface area (Å²) in [5.41, 5.74) is 2.19. The van der Waals surface area contributed by atoms with Gasteiger partial charge >= 0.3 is 0 Å². The fourth-order valence-corrected chi connectivity index (χ4v) is 3.15. The van der Waals surface area contributed by atoms with Crippen LogP contribution in [-0.4, -0.2) is 27.9 Å². The summed E-state index contributed by atoms with van der Waals surface area (Å²) in [4.78, 5) is 23.3. The summed E-state index contributed by atoms with van der Waals surface area (Å²) >= 11 is 0. The maximum Gasteiger partial charge on any atom is 0.243 e. The van der Waals surface area contributed by atoms with Gasteiger partial charge in [0.15, 0.2) is 0 Å². The highest BCUT2D eigenvalue weighted by Crippen LogP contribution is 2.47. The van der Waals surface area contributed by atoms with E-state index in [4.69, 9.17) is 4.74 Å². The lowest BCUT2D eigenvalue weighted by molar-refractivity contribution is -0.135. The average Bonchev–Trinajstić information content (AvgIpc) is 3.34. The first kappa shape index (κ1) is 15.6. The third-order valence-corrected chi connectivity index (χ3v) is 4.89. The lowest BCUT2D eigenvalue weighted by atomic mass is 10.1. The van der Waals surface area contributed by atoms with E-state index in [1.54, 1.807) is 18.2 Å². The smallest absolute Gasteiger partial charge is 0.243 e. The van der Waals surface area contributed by atoms with Crippen LogP contribution in [-0.2, 0) is 24.3 Å². The van der Waals surface area contributed by atoms with E-state index in [-0.39, 0.29) is 5.91 Å². The van der Waals surface area contributed by atoms with Gasteiger partial charge in [-0.15, -0.1) is 0 Å². The van der Waals surface area contributed by atoms with Gasteiger partial charge in [0.2, 0.25) is 5.91 Å². The van der Waals surface area contributed by atoms with Gasteiger partial charge in [-0.3, -0.25) is 4.79 Å². The Morgan fingerprint density at radius 1 is 1.32 bits per heavy atom. The molecule has 0 bridgehead atoms. The molecule has 0 unspecified atom stereocenters. The molecule has 1 aromatic heterocycles. The molecule has 0 N–H and O–H groups in total. The number of carbonyl (C=O) groups is 1. The van der Waals surface area contributed by atoms with E-state index in [2.05, 4.69) is 16.0 Å². The zero-order valence-corrected chi connectivity index (χ0v) is 14.0. The highest BCUT2D eigenvalue weighted by atomic mass is 16.5. The zero-order valence-electron chi connectivity index (χ0n) is 14.0. The van der Waals surface area contributed by atoms with Gasteiger partial charge in [0, 0.05) is 24.7 Å². The number of benzene rings is 1. The molecule has 126 valence electrons. The van der Waals surface area contributed by atoms with Crippen molar-refractivity contribution in [3.05, 3.63) is 53.1 Å². The molecule has 1 fully saturated rings. The molecule has 2 aromatic rings. The standard InChI is InChI=1S/C19H18N4O2/c1-25-15-4-2-13(3-5-15)8-17-21-9-14-10-23(11-16(14)22-17)18(24)19(12-20)6-7-19/h2-5,9H,6-8,10-11H2,1H3. The quantitative estimate of drug-likeness (QED) is 0.856. The van der Waals surface area contributed by atoms with Gasteiger partial charge in [-0.1, -0.05) is 12.1 Å². The summed E-state index contributed by atoms with van der Waals surface area (Å²) in [6, 6.07) is 10.00. The lowest BCUT2D eigenvalue weighted by Crippen LogP contribution is -2.32. The van der Waals surface area contributed by atoms with Crippen molar-refractivity contribution in [1.82, 2.24) is 14.9 Å². The fourth-order valence-electron chi connectivity index (χ4n) is 3.15. The predicted octanol–water partition coefficient (Wildman–Crippen LogP) is 2.22. The molecule has 1 saturated carbocycles. The average molecular weight is 334 g/mol. The van der Waals surface area contributed by atoms with E-state index in [1.807, 2.05) is 24.3 Å². The van der Waals surface area contributed by atoms with Crippen molar-refractivity contribution in [3.8, 4) is 11.8 Å². The number of ether oxygens (including phenoxy) is 1. The zero-order chi connectivity index (χ0) is 17.4. The summed E-state index contributed by atoms with van der Waals surface area (Å²) in [6.07, 6.45) is 3.78. The Morgan fingerprint density at radius 2 is 2.08 bits per heavy atom. The molecular formula is C19H18N4O2. The maximum atomic E-state index is 12.5. The third-order valence-electron chi connectivity index (χ3n) is 4.89. The van der Waals surface area contributed by atoms with Crippen LogP contribution in [0.25, 0.3) is 0 Å². The topological polar surface area (TPSA) is 79.1 Å². The minimum atomic E-state index is -0.776. The molecule has 1 aliphatic heterocycles. The molecule has 1 aromatic carbocycles. The van der Waals surface area contributed by atoms with E-state index in [1.165, 1.54) is 0 Å². The van der Waals surface area contributed by atoms with Gasteiger partial charge in [-0.25, -0.2) is 9.97 Å². The number of hydrogen-bond acceptors (Lipinski definition) is 5. The Morgan fingerprint density at radius 3 is 2.72 bits per heavy atom. The van der Waals surface area contributed by atoms with Crippen LogP contribution >= 0.6 is 0 Å². The molecule has 0 spiro atoms. The molecule has 0 saturated heterocycles. The van der Waals surface area contributed by atoms with Crippen molar-refractivity contribution in [2.45, 2.75) is 32.4 Å². The molecule has 25 heavy (non-hydrogen) atoms. The number of fused-ring (bicyclic) bond motifs is 1. The van der Waals surface area contributed by atoms with Crippen molar-refractivity contribution in [1.29, 1.82) is 5.26 Å². The Kier molecular flexibility index (Phi) is 3.65. The summed E-state index contributed by atoms with van der Waals surface area (Å²) in [5.74, 6) is 1.49. The second kappa shape index (κ2) is 5.85. The molecule has 0 radical (unpaired) electrons. The molecule has 0 atom stereocenters. The van der Waals surface area contributed by atoms with Gasteiger partial charge in [0.25, 0.3) is 0 Å². The van der Waals surface area contributed by atoms with E-state index >= 15 is 0 Å². The van der Waals surface area contributed by atoms with Crippen LogP contribution in [0.2, 0.25) is 0 Å². The minimum absolute atomic E-state index is 0.0651. The van der Waals surface area contributed by atoms with E-state index in [0.29, 0.717) is 32.4 Å². The first-order valence-electron chi connectivity index (χ1n) is 8.31. The van der Waals surface area contributed by atoms with Crippen LogP contribution in [0.5, 0.6) is 5.75 Å². The number of nitriles is 1. The van der Waals surface area contributed by atoms with Gasteiger partial charge in [0.05, 0.1) is 25.4 Å². The Hall–Kier alpha value is -2.94. The van der Waals surface area contributed by atoms with Crippen molar-refractivity contribution in [2.24, 2.45) is 5.41 Å². The SMILES string of the molecule is COc1ccc(Cc2ncc3c(n2)CN(C(=O)C2(C#N)CC2)C3)cc1. The highest BCUT2D eigenvalue weighted by molar-refractivity contribution is 5.88. The van der Waals surface area contributed by atoms with Crippen LogP contribution in [0.15, 0.2) is 30.5 Å². The maximum absolute atomic E-state index is 12.5. The Bertz CT molecular complexity index is 866. The number of hydrogen-bond donors (Lipinski definition) is 0. The van der Waals surface area contributed by atoms with Crippen molar-refractivity contribution >= 4 is 5.91 Å². The van der Waals surface area contributed by atoms with Crippen LogP contribution in [0.3, 0.4) is 0 Å². The molecule has 1 aliphatic carbocycles. The van der Waals surface area contributed by atoms with Crippen LogP contribution < -0.4 is 4.74 Å². The molecule has 6 heteroatoms. The van der Waals surface area contributed by atoms with Gasteiger partial charge in [0.1, 0.15) is 17.0 Å². The van der Waals surface area contributed by atoms with Crippen molar-refractivity contribution in [2.75, 3.05) is 7.11 Å². The molecule has 6 nitrogen and oxygen atoms in total. The molecule has 4 rings (SSSR count). The largest absolute Gasteiger partial charge is 0.497 e. The molecular weight excluding hydrogens is 316 g/mol. The van der Waals surface area contributed by atoms with Gasteiger partial charge < -0.3 is 9.64 Å². The number of amides is 1. The van der Waals surface area contributed by atoms with Crippen molar-refractivity contribution < 1.29 is 9.53 Å². The van der Waals surface area contributed by atoms with E-state index in [9.17, 15) is 10.1 Å². The highest BCUT2D eigenvalue weighted by Gasteiger charge is 2.53. The van der Waals surface area contributed by atoms with Crippen LogP contribution in [0.1, 0.15) is 35.5 Å². The molecule has 1 amide bonds. The number of aromatic nitrogens is 2. The second-order valence-electron chi connectivity index (χ2n) is 6.64. The van der Waals surface area contributed by atoms with Crippen molar-refractivity contribution in [3.63, 3.8) is 0 Å². The number of nitrogens with zero attached hydrogens (tertiary/aromatic N) is 4. The number of methoxy groups -OCH3 is 1. The Labute approximate surface area is 146 Å². The van der Waals surface area contributed by atoms with Crippen LogP contribution in [0, 0.1) is 16.7 Å². The first-order chi connectivity index (χ1) is 12.1. The molecule has 2 aliphatic rings. The summed E-state index contributed by atoms with van der Waals surface area (Å²) in [5, 5.41) is 9.22. The van der Waals surface area contributed by atoms with Crippen LogP contribution in [0.4, 0.5) is 0 Å². The van der Waals surface area contributed by atoms with Gasteiger partial charge in [-0.2, -0.15) is 5.26 Å². The minimum Gasteiger partial charge on any atom is -0.497 e. The normalized spacial score (nSPS) is 16.9. The molecule has 2 heterocycles. The summed E-state index contributed by atoms with van der Waals surface area (Å²) in [7, 11) is 1.64. The monoisotopic (exact) mass is 334 g/mol. The van der Waals surface area contributed by atoms with E-state index in [0.717, 1.165) is 28.4 Å². The number of carbonyl (C=O) groups excluding carboxylic acids is 1. The Balaban J connectivity index is 1.48. The van der Waals surface area contributed by atoms with E-state index < -0.39 is 5.41 Å². The summed E-state index contributed by atoms with van der Waals surface area (Å²) in [6.45, 7) is 0.968. The summed E-state index contributed by atoms with van der Waals surface area (Å²) < 4.78 is 5.16.